The SMILES string of the molecule is OC[C@]1(C2CCOCC2)O[C@H]1c1ccc(Cl)cc1Cl. The first-order valence-corrected chi connectivity index (χ1v) is 7.24. The van der Waals surface area contributed by atoms with E-state index in [4.69, 9.17) is 32.7 Å². The first-order chi connectivity index (χ1) is 9.17. The molecule has 2 aliphatic heterocycles. The molecule has 1 aromatic rings. The Morgan fingerprint density at radius 1 is 1.26 bits per heavy atom. The monoisotopic (exact) mass is 302 g/mol. The molecule has 0 unspecified atom stereocenters. The Balaban J connectivity index is 1.83. The van der Waals surface area contributed by atoms with Crippen molar-refractivity contribution in [1.29, 1.82) is 0 Å². The smallest absolute Gasteiger partial charge is 0.125 e. The average Bonchev–Trinajstić information content (AvgIpc) is 3.15. The van der Waals surface area contributed by atoms with Crippen molar-refractivity contribution in [3.05, 3.63) is 33.8 Å². The van der Waals surface area contributed by atoms with E-state index >= 15 is 0 Å². The zero-order chi connectivity index (χ0) is 13.5. The molecule has 0 spiro atoms. The Hall–Kier alpha value is -0.320. The van der Waals surface area contributed by atoms with Crippen LogP contribution in [0.25, 0.3) is 0 Å². The fraction of sp³-hybridized carbons (Fsp3) is 0.571. The summed E-state index contributed by atoms with van der Waals surface area (Å²) in [5.74, 6) is 0.322. The van der Waals surface area contributed by atoms with E-state index in [-0.39, 0.29) is 12.7 Å². The highest BCUT2D eigenvalue weighted by Gasteiger charge is 2.61. The summed E-state index contributed by atoms with van der Waals surface area (Å²) in [6, 6.07) is 5.40. The van der Waals surface area contributed by atoms with E-state index in [0.29, 0.717) is 16.0 Å². The highest BCUT2D eigenvalue weighted by Crippen LogP contribution is 2.57. The van der Waals surface area contributed by atoms with Crippen molar-refractivity contribution in [2.75, 3.05) is 19.8 Å². The van der Waals surface area contributed by atoms with Crippen molar-refractivity contribution in [1.82, 2.24) is 0 Å². The van der Waals surface area contributed by atoms with E-state index in [1.807, 2.05) is 6.07 Å². The van der Waals surface area contributed by atoms with Crippen LogP contribution in [-0.2, 0) is 9.47 Å². The third kappa shape index (κ3) is 2.39. The normalized spacial score (nSPS) is 31.4. The highest BCUT2D eigenvalue weighted by atomic mass is 35.5. The third-order valence-electron chi connectivity index (χ3n) is 4.13. The predicted octanol–water partition coefficient (Wildman–Crippen LogP) is 3.22. The Bertz CT molecular complexity index is 474. The molecule has 0 aromatic heterocycles. The molecule has 1 aromatic carbocycles. The first-order valence-electron chi connectivity index (χ1n) is 6.49. The predicted molar refractivity (Wildman–Crippen MR) is 73.6 cm³/mol. The van der Waals surface area contributed by atoms with Gasteiger partial charge in [0.05, 0.1) is 6.61 Å². The molecular formula is C14H16Cl2O3. The second kappa shape index (κ2) is 5.23. The number of hydrogen-bond acceptors (Lipinski definition) is 3. The topological polar surface area (TPSA) is 42.0 Å². The van der Waals surface area contributed by atoms with Crippen LogP contribution >= 0.6 is 23.2 Å². The van der Waals surface area contributed by atoms with Gasteiger partial charge in [0.2, 0.25) is 0 Å². The van der Waals surface area contributed by atoms with Crippen LogP contribution in [0, 0.1) is 5.92 Å². The summed E-state index contributed by atoms with van der Waals surface area (Å²) in [5, 5.41) is 11.0. The molecular weight excluding hydrogens is 287 g/mol. The lowest BCUT2D eigenvalue weighted by Crippen LogP contribution is -2.34. The number of aliphatic hydroxyl groups excluding tert-OH is 1. The number of hydrogen-bond donors (Lipinski definition) is 1. The van der Waals surface area contributed by atoms with Crippen molar-refractivity contribution >= 4 is 23.2 Å². The average molecular weight is 303 g/mol. The van der Waals surface area contributed by atoms with Gasteiger partial charge in [0.25, 0.3) is 0 Å². The summed E-state index contributed by atoms with van der Waals surface area (Å²) in [4.78, 5) is 0. The summed E-state index contributed by atoms with van der Waals surface area (Å²) in [6.07, 6.45) is 1.70. The Kier molecular flexibility index (Phi) is 3.76. The maximum atomic E-state index is 9.75. The van der Waals surface area contributed by atoms with E-state index in [0.717, 1.165) is 31.6 Å². The fourth-order valence-electron chi connectivity index (χ4n) is 2.97. The van der Waals surface area contributed by atoms with Crippen LogP contribution in [0.4, 0.5) is 0 Å². The minimum atomic E-state index is -0.485. The van der Waals surface area contributed by atoms with Crippen LogP contribution in [0.1, 0.15) is 24.5 Å². The van der Waals surface area contributed by atoms with Crippen molar-refractivity contribution < 1.29 is 14.6 Å². The fourth-order valence-corrected chi connectivity index (χ4v) is 3.48. The van der Waals surface area contributed by atoms with Gasteiger partial charge in [-0.1, -0.05) is 29.3 Å². The van der Waals surface area contributed by atoms with Gasteiger partial charge in [-0.05, 0) is 30.9 Å². The molecule has 3 rings (SSSR count). The van der Waals surface area contributed by atoms with Crippen LogP contribution in [0.5, 0.6) is 0 Å². The third-order valence-corrected chi connectivity index (χ3v) is 4.69. The number of benzene rings is 1. The minimum absolute atomic E-state index is 0.0152. The maximum Gasteiger partial charge on any atom is 0.125 e. The molecule has 0 aliphatic carbocycles. The maximum absolute atomic E-state index is 9.75. The van der Waals surface area contributed by atoms with Crippen LogP contribution in [0.3, 0.4) is 0 Å². The molecule has 5 heteroatoms. The van der Waals surface area contributed by atoms with Gasteiger partial charge in [0, 0.05) is 28.8 Å². The van der Waals surface area contributed by atoms with Crippen LogP contribution in [0.2, 0.25) is 10.0 Å². The lowest BCUT2D eigenvalue weighted by molar-refractivity contribution is 0.0186. The van der Waals surface area contributed by atoms with Crippen molar-refractivity contribution in [2.24, 2.45) is 5.92 Å². The zero-order valence-electron chi connectivity index (χ0n) is 10.4. The molecule has 0 amide bonds. The van der Waals surface area contributed by atoms with Crippen molar-refractivity contribution in [2.45, 2.75) is 24.5 Å². The molecule has 0 saturated carbocycles. The standard InChI is InChI=1S/C14H16Cl2O3/c15-10-1-2-11(12(16)7-10)13-14(8-17,19-13)9-3-5-18-6-4-9/h1-2,7,9,13,17H,3-6,8H2/t13-,14+/m0/s1. The quantitative estimate of drug-likeness (QED) is 0.872. The van der Waals surface area contributed by atoms with Gasteiger partial charge >= 0.3 is 0 Å². The van der Waals surface area contributed by atoms with Crippen LogP contribution in [-0.4, -0.2) is 30.5 Å². The van der Waals surface area contributed by atoms with Gasteiger partial charge in [-0.15, -0.1) is 0 Å². The Labute approximate surface area is 122 Å². The van der Waals surface area contributed by atoms with Gasteiger partial charge < -0.3 is 14.6 Å². The molecule has 0 bridgehead atoms. The second-order valence-electron chi connectivity index (χ2n) is 5.16. The number of epoxide rings is 1. The minimum Gasteiger partial charge on any atom is -0.393 e. The van der Waals surface area contributed by atoms with Gasteiger partial charge in [-0.25, -0.2) is 0 Å². The van der Waals surface area contributed by atoms with Crippen molar-refractivity contribution in [3.8, 4) is 0 Å². The van der Waals surface area contributed by atoms with E-state index < -0.39 is 5.60 Å². The molecule has 2 saturated heterocycles. The molecule has 2 fully saturated rings. The summed E-state index contributed by atoms with van der Waals surface area (Å²) >= 11 is 12.1. The molecule has 3 nitrogen and oxygen atoms in total. The second-order valence-corrected chi connectivity index (χ2v) is 6.01. The van der Waals surface area contributed by atoms with Gasteiger partial charge in [-0.3, -0.25) is 0 Å². The molecule has 0 radical (unpaired) electrons. The molecule has 1 N–H and O–H groups in total. The largest absolute Gasteiger partial charge is 0.393 e. The molecule has 2 atom stereocenters. The summed E-state index contributed by atoms with van der Waals surface area (Å²) in [6.45, 7) is 1.48. The number of aliphatic hydroxyl groups is 1. The lowest BCUT2D eigenvalue weighted by atomic mass is 9.82. The van der Waals surface area contributed by atoms with E-state index in [2.05, 4.69) is 0 Å². The Morgan fingerprint density at radius 3 is 2.63 bits per heavy atom. The Morgan fingerprint density at radius 2 is 2.00 bits per heavy atom. The van der Waals surface area contributed by atoms with Crippen LogP contribution < -0.4 is 0 Å². The van der Waals surface area contributed by atoms with E-state index in [1.54, 1.807) is 12.1 Å². The molecule has 2 aliphatic rings. The van der Waals surface area contributed by atoms with E-state index in [1.165, 1.54) is 0 Å². The van der Waals surface area contributed by atoms with E-state index in [9.17, 15) is 5.11 Å². The number of rotatable bonds is 3. The highest BCUT2D eigenvalue weighted by molar-refractivity contribution is 6.35. The lowest BCUT2D eigenvalue weighted by Gasteiger charge is -2.27. The first kappa shape index (κ1) is 13.7. The van der Waals surface area contributed by atoms with Gasteiger partial charge in [0.15, 0.2) is 0 Å². The summed E-state index contributed by atoms with van der Waals surface area (Å²) in [7, 11) is 0. The molecule has 104 valence electrons. The molecule has 19 heavy (non-hydrogen) atoms. The van der Waals surface area contributed by atoms with Crippen molar-refractivity contribution in [3.63, 3.8) is 0 Å². The molecule has 2 heterocycles. The summed E-state index contributed by atoms with van der Waals surface area (Å²) in [5.41, 5.74) is 0.424. The van der Waals surface area contributed by atoms with Gasteiger partial charge in [0.1, 0.15) is 11.7 Å². The number of ether oxygens (including phenoxy) is 2. The summed E-state index contributed by atoms with van der Waals surface area (Å²) < 4.78 is 11.2. The van der Waals surface area contributed by atoms with Crippen LogP contribution in [0.15, 0.2) is 18.2 Å². The zero-order valence-corrected chi connectivity index (χ0v) is 12.0. The number of halogens is 2. The van der Waals surface area contributed by atoms with Gasteiger partial charge in [-0.2, -0.15) is 0 Å².